The summed E-state index contributed by atoms with van der Waals surface area (Å²) in [5.41, 5.74) is 1.06. The van der Waals surface area contributed by atoms with Crippen molar-refractivity contribution in [2.45, 2.75) is 38.3 Å². The highest BCUT2D eigenvalue weighted by Gasteiger charge is 2.15. The molecule has 1 fully saturated rings. The first kappa shape index (κ1) is 13.5. The zero-order chi connectivity index (χ0) is 13.8. The van der Waals surface area contributed by atoms with Crippen molar-refractivity contribution < 1.29 is 4.74 Å². The summed E-state index contributed by atoms with van der Waals surface area (Å²) < 4.78 is 7.64. The minimum atomic E-state index is 0.220. The molecule has 3 rings (SSSR count). The summed E-state index contributed by atoms with van der Waals surface area (Å²) in [4.78, 5) is 11.9. The number of hydrogen-bond acceptors (Lipinski definition) is 5. The second-order valence-electron chi connectivity index (χ2n) is 4.91. The van der Waals surface area contributed by atoms with E-state index in [0.717, 1.165) is 25.1 Å². The van der Waals surface area contributed by atoms with Gasteiger partial charge < -0.3 is 4.74 Å². The van der Waals surface area contributed by atoms with Gasteiger partial charge in [-0.25, -0.2) is 15.0 Å². The van der Waals surface area contributed by atoms with Crippen LogP contribution in [-0.4, -0.2) is 37.4 Å². The van der Waals surface area contributed by atoms with Crippen molar-refractivity contribution >= 4 is 11.6 Å². The molecule has 7 heteroatoms. The molecule has 0 aromatic carbocycles. The Morgan fingerprint density at radius 2 is 2.30 bits per heavy atom. The second-order valence-corrected chi connectivity index (χ2v) is 5.24. The van der Waals surface area contributed by atoms with Crippen LogP contribution in [0.2, 0.25) is 5.28 Å². The monoisotopic (exact) mass is 293 g/mol. The third kappa shape index (κ3) is 3.52. The van der Waals surface area contributed by atoms with Gasteiger partial charge in [-0.15, -0.1) is 0 Å². The number of rotatable bonds is 4. The molecule has 0 unspecified atom stereocenters. The van der Waals surface area contributed by atoms with Gasteiger partial charge in [-0.3, -0.25) is 4.68 Å². The third-order valence-corrected chi connectivity index (χ3v) is 3.49. The van der Waals surface area contributed by atoms with Crippen molar-refractivity contribution in [3.05, 3.63) is 35.4 Å². The highest BCUT2D eigenvalue weighted by Crippen LogP contribution is 2.15. The van der Waals surface area contributed by atoms with Gasteiger partial charge in [0.1, 0.15) is 12.2 Å². The average Bonchev–Trinajstić information content (AvgIpc) is 2.87. The average molecular weight is 294 g/mol. The van der Waals surface area contributed by atoms with E-state index in [9.17, 15) is 0 Å². The molecule has 1 aliphatic heterocycles. The Morgan fingerprint density at radius 1 is 1.35 bits per heavy atom. The van der Waals surface area contributed by atoms with Crippen LogP contribution >= 0.6 is 11.6 Å². The molecule has 2 aromatic heterocycles. The van der Waals surface area contributed by atoms with E-state index in [-0.39, 0.29) is 11.4 Å². The number of aromatic nitrogens is 5. The van der Waals surface area contributed by atoms with Gasteiger partial charge in [0.2, 0.25) is 5.28 Å². The Balaban J connectivity index is 1.61. The molecule has 106 valence electrons. The van der Waals surface area contributed by atoms with Crippen molar-refractivity contribution in [3.63, 3.8) is 0 Å². The van der Waals surface area contributed by atoms with Gasteiger partial charge in [-0.05, 0) is 36.4 Å². The van der Waals surface area contributed by atoms with E-state index in [1.165, 1.54) is 19.2 Å². The Bertz CT molecular complexity index is 567. The van der Waals surface area contributed by atoms with Gasteiger partial charge in [-0.2, -0.15) is 5.10 Å². The van der Waals surface area contributed by atoms with E-state index in [2.05, 4.69) is 20.1 Å². The molecular weight excluding hydrogens is 278 g/mol. The minimum Gasteiger partial charge on any atom is -0.376 e. The molecule has 0 saturated carbocycles. The van der Waals surface area contributed by atoms with Gasteiger partial charge in [0.05, 0.1) is 18.8 Å². The summed E-state index contributed by atoms with van der Waals surface area (Å²) in [5.74, 6) is 0.651. The van der Waals surface area contributed by atoms with Gasteiger partial charge in [-0.1, -0.05) is 0 Å². The first-order chi connectivity index (χ1) is 9.79. The summed E-state index contributed by atoms with van der Waals surface area (Å²) in [6.07, 6.45) is 9.67. The summed E-state index contributed by atoms with van der Waals surface area (Å²) in [6.45, 7) is 1.67. The SMILES string of the molecule is Clc1ncnc(Cc2cnn(C[C@@H]3CCCCO3)c2)n1. The molecule has 1 atom stereocenters. The van der Waals surface area contributed by atoms with E-state index in [1.54, 1.807) is 0 Å². The van der Waals surface area contributed by atoms with Gasteiger partial charge >= 0.3 is 0 Å². The van der Waals surface area contributed by atoms with Crippen LogP contribution in [-0.2, 0) is 17.7 Å². The zero-order valence-electron chi connectivity index (χ0n) is 11.1. The predicted molar refractivity (Wildman–Crippen MR) is 73.5 cm³/mol. The topological polar surface area (TPSA) is 65.7 Å². The molecule has 0 aliphatic carbocycles. The number of halogens is 1. The van der Waals surface area contributed by atoms with Crippen LogP contribution in [0.15, 0.2) is 18.7 Å². The van der Waals surface area contributed by atoms with Crippen LogP contribution in [0.4, 0.5) is 0 Å². The summed E-state index contributed by atoms with van der Waals surface area (Å²) in [7, 11) is 0. The Hall–Kier alpha value is -1.53. The van der Waals surface area contributed by atoms with E-state index in [1.807, 2.05) is 17.1 Å². The van der Waals surface area contributed by atoms with Crippen molar-refractivity contribution in [3.8, 4) is 0 Å². The van der Waals surface area contributed by atoms with Gasteiger partial charge in [0.25, 0.3) is 0 Å². The van der Waals surface area contributed by atoms with E-state index < -0.39 is 0 Å². The first-order valence-electron chi connectivity index (χ1n) is 6.76. The Labute approximate surface area is 122 Å². The molecule has 2 aromatic rings. The van der Waals surface area contributed by atoms with Crippen LogP contribution in [0.25, 0.3) is 0 Å². The molecule has 0 N–H and O–H groups in total. The first-order valence-corrected chi connectivity index (χ1v) is 7.14. The fraction of sp³-hybridized carbons (Fsp3) is 0.538. The van der Waals surface area contributed by atoms with E-state index in [0.29, 0.717) is 12.2 Å². The summed E-state index contributed by atoms with van der Waals surface area (Å²) in [6, 6.07) is 0. The van der Waals surface area contributed by atoms with Crippen LogP contribution in [0.5, 0.6) is 0 Å². The summed E-state index contributed by atoms with van der Waals surface area (Å²) >= 11 is 5.75. The zero-order valence-corrected chi connectivity index (χ0v) is 11.8. The van der Waals surface area contributed by atoms with Crippen LogP contribution in [0.1, 0.15) is 30.7 Å². The van der Waals surface area contributed by atoms with Crippen molar-refractivity contribution in [2.24, 2.45) is 0 Å². The molecule has 1 aliphatic rings. The van der Waals surface area contributed by atoms with Crippen molar-refractivity contribution in [1.82, 2.24) is 24.7 Å². The second kappa shape index (κ2) is 6.28. The molecule has 0 bridgehead atoms. The molecule has 0 amide bonds. The standard InChI is InChI=1S/C13H16ClN5O/c14-13-16-9-15-12(18-13)5-10-6-17-19(7-10)8-11-3-1-2-4-20-11/h6-7,9,11H,1-5,8H2/t11-/m0/s1. The maximum Gasteiger partial charge on any atom is 0.225 e. The van der Waals surface area contributed by atoms with Gasteiger partial charge in [0, 0.05) is 19.2 Å². The van der Waals surface area contributed by atoms with Gasteiger partial charge in [0.15, 0.2) is 0 Å². The van der Waals surface area contributed by atoms with Crippen LogP contribution in [0.3, 0.4) is 0 Å². The fourth-order valence-electron chi connectivity index (χ4n) is 2.33. The molecule has 1 saturated heterocycles. The maximum atomic E-state index is 5.75. The Morgan fingerprint density at radius 3 is 3.10 bits per heavy atom. The van der Waals surface area contributed by atoms with E-state index >= 15 is 0 Å². The lowest BCUT2D eigenvalue weighted by molar-refractivity contribution is 0.00399. The normalized spacial score (nSPS) is 19.1. The molecular formula is C13H16ClN5O. The summed E-state index contributed by atoms with van der Waals surface area (Å²) in [5, 5.41) is 4.58. The predicted octanol–water partition coefficient (Wildman–Crippen LogP) is 1.88. The highest BCUT2D eigenvalue weighted by atomic mass is 35.5. The minimum absolute atomic E-state index is 0.220. The van der Waals surface area contributed by atoms with E-state index in [4.69, 9.17) is 16.3 Å². The molecule has 20 heavy (non-hydrogen) atoms. The lowest BCUT2D eigenvalue weighted by Crippen LogP contribution is -2.24. The molecule has 0 spiro atoms. The lowest BCUT2D eigenvalue weighted by Gasteiger charge is -2.22. The largest absolute Gasteiger partial charge is 0.376 e. The molecule has 6 nitrogen and oxygen atoms in total. The lowest BCUT2D eigenvalue weighted by atomic mass is 10.1. The number of hydrogen-bond donors (Lipinski definition) is 0. The number of nitrogens with zero attached hydrogens (tertiary/aromatic N) is 5. The quantitative estimate of drug-likeness (QED) is 0.861. The fourth-order valence-corrected chi connectivity index (χ4v) is 2.47. The third-order valence-electron chi connectivity index (χ3n) is 3.31. The maximum absolute atomic E-state index is 5.75. The number of ether oxygens (including phenoxy) is 1. The van der Waals surface area contributed by atoms with Crippen molar-refractivity contribution in [1.29, 1.82) is 0 Å². The van der Waals surface area contributed by atoms with Crippen molar-refractivity contribution in [2.75, 3.05) is 6.61 Å². The molecule has 0 radical (unpaired) electrons. The highest BCUT2D eigenvalue weighted by molar-refractivity contribution is 6.28. The Kier molecular flexibility index (Phi) is 4.22. The van der Waals surface area contributed by atoms with Crippen LogP contribution in [0, 0.1) is 0 Å². The molecule has 3 heterocycles. The van der Waals surface area contributed by atoms with Crippen LogP contribution < -0.4 is 0 Å². The smallest absolute Gasteiger partial charge is 0.225 e.